The van der Waals surface area contributed by atoms with E-state index in [0.29, 0.717) is 5.75 Å². The Balaban J connectivity index is 1.97. The molecule has 5 heteroatoms. The van der Waals surface area contributed by atoms with Gasteiger partial charge in [0.25, 0.3) is 0 Å². The van der Waals surface area contributed by atoms with Crippen LogP contribution >= 0.6 is 11.8 Å². The standard InChI is InChI=1S/C15H19N3OS/c1-9-5-6-10(2)13(7-9)20-8-14(19)16-15-11(3)17-18-12(15)4/h5-7H,8H2,1-4H3,(H,16,19)(H,17,18). The van der Waals surface area contributed by atoms with Crippen molar-refractivity contribution >= 4 is 23.4 Å². The van der Waals surface area contributed by atoms with Gasteiger partial charge in [0.05, 0.1) is 22.8 Å². The van der Waals surface area contributed by atoms with Crippen LogP contribution in [-0.2, 0) is 4.79 Å². The summed E-state index contributed by atoms with van der Waals surface area (Å²) in [6, 6.07) is 6.28. The van der Waals surface area contributed by atoms with Crippen molar-refractivity contribution in [2.75, 3.05) is 11.1 Å². The first-order chi connectivity index (χ1) is 9.47. The Morgan fingerprint density at radius 3 is 2.70 bits per heavy atom. The van der Waals surface area contributed by atoms with Gasteiger partial charge in [-0.3, -0.25) is 9.89 Å². The largest absolute Gasteiger partial charge is 0.322 e. The third kappa shape index (κ3) is 3.42. The third-order valence-electron chi connectivity index (χ3n) is 3.09. The van der Waals surface area contributed by atoms with Gasteiger partial charge in [-0.05, 0) is 39.3 Å². The lowest BCUT2D eigenvalue weighted by molar-refractivity contribution is -0.113. The molecule has 0 saturated carbocycles. The molecule has 1 aromatic carbocycles. The number of thioether (sulfide) groups is 1. The fourth-order valence-electron chi connectivity index (χ4n) is 1.92. The summed E-state index contributed by atoms with van der Waals surface area (Å²) < 4.78 is 0. The van der Waals surface area contributed by atoms with E-state index < -0.39 is 0 Å². The van der Waals surface area contributed by atoms with Crippen molar-refractivity contribution in [2.45, 2.75) is 32.6 Å². The number of rotatable bonds is 4. The molecule has 0 spiro atoms. The smallest absolute Gasteiger partial charge is 0.234 e. The number of nitrogens with one attached hydrogen (secondary N) is 2. The number of aromatic amines is 1. The Labute approximate surface area is 123 Å². The van der Waals surface area contributed by atoms with Crippen LogP contribution < -0.4 is 5.32 Å². The fraction of sp³-hybridized carbons (Fsp3) is 0.333. The SMILES string of the molecule is Cc1ccc(C)c(SCC(=O)Nc2c(C)n[nH]c2C)c1. The molecule has 2 N–H and O–H groups in total. The van der Waals surface area contributed by atoms with Gasteiger partial charge in [-0.25, -0.2) is 0 Å². The summed E-state index contributed by atoms with van der Waals surface area (Å²) >= 11 is 1.56. The maximum absolute atomic E-state index is 12.0. The first-order valence-corrected chi connectivity index (χ1v) is 7.47. The molecular weight excluding hydrogens is 270 g/mol. The number of benzene rings is 1. The summed E-state index contributed by atoms with van der Waals surface area (Å²) in [5.41, 5.74) is 4.89. The third-order valence-corrected chi connectivity index (χ3v) is 4.25. The van der Waals surface area contributed by atoms with Crippen molar-refractivity contribution in [1.82, 2.24) is 10.2 Å². The maximum Gasteiger partial charge on any atom is 0.234 e. The van der Waals surface area contributed by atoms with Gasteiger partial charge in [0.15, 0.2) is 0 Å². The number of carbonyl (C=O) groups excluding carboxylic acids is 1. The zero-order valence-electron chi connectivity index (χ0n) is 12.2. The molecular formula is C15H19N3OS. The van der Waals surface area contributed by atoms with E-state index in [4.69, 9.17) is 0 Å². The molecule has 1 amide bonds. The van der Waals surface area contributed by atoms with Crippen LogP contribution in [0.1, 0.15) is 22.5 Å². The van der Waals surface area contributed by atoms with Crippen LogP contribution in [0.3, 0.4) is 0 Å². The van der Waals surface area contributed by atoms with Crippen molar-refractivity contribution in [3.8, 4) is 0 Å². The van der Waals surface area contributed by atoms with E-state index in [1.807, 2.05) is 13.8 Å². The molecule has 0 aliphatic rings. The van der Waals surface area contributed by atoms with E-state index in [0.717, 1.165) is 22.0 Å². The average molecular weight is 289 g/mol. The molecule has 1 heterocycles. The normalized spacial score (nSPS) is 10.6. The minimum Gasteiger partial charge on any atom is -0.322 e. The van der Waals surface area contributed by atoms with E-state index in [9.17, 15) is 4.79 Å². The molecule has 0 saturated heterocycles. The minimum atomic E-state index is -0.0106. The monoisotopic (exact) mass is 289 g/mol. The summed E-state index contributed by atoms with van der Waals surface area (Å²) in [6.07, 6.45) is 0. The van der Waals surface area contributed by atoms with Crippen molar-refractivity contribution < 1.29 is 4.79 Å². The van der Waals surface area contributed by atoms with Gasteiger partial charge in [-0.2, -0.15) is 5.10 Å². The first kappa shape index (κ1) is 14.7. The molecule has 20 heavy (non-hydrogen) atoms. The molecule has 4 nitrogen and oxygen atoms in total. The molecule has 106 valence electrons. The van der Waals surface area contributed by atoms with Crippen LogP contribution in [0.4, 0.5) is 5.69 Å². The zero-order chi connectivity index (χ0) is 14.7. The Kier molecular flexibility index (Phi) is 4.49. The second-order valence-electron chi connectivity index (χ2n) is 4.91. The minimum absolute atomic E-state index is 0.0106. The quantitative estimate of drug-likeness (QED) is 0.848. The van der Waals surface area contributed by atoms with Crippen LogP contribution in [-0.4, -0.2) is 21.9 Å². The maximum atomic E-state index is 12.0. The molecule has 0 fully saturated rings. The number of nitrogens with zero attached hydrogens (tertiary/aromatic N) is 1. The Hall–Kier alpha value is -1.75. The molecule has 0 radical (unpaired) electrons. The Morgan fingerprint density at radius 1 is 1.30 bits per heavy atom. The zero-order valence-corrected chi connectivity index (χ0v) is 13.0. The van der Waals surface area contributed by atoms with E-state index >= 15 is 0 Å². The highest BCUT2D eigenvalue weighted by Gasteiger charge is 2.11. The lowest BCUT2D eigenvalue weighted by Crippen LogP contribution is -2.15. The van der Waals surface area contributed by atoms with Gasteiger partial charge in [0.1, 0.15) is 0 Å². The number of amides is 1. The number of carbonyl (C=O) groups is 1. The van der Waals surface area contributed by atoms with Gasteiger partial charge < -0.3 is 5.32 Å². The van der Waals surface area contributed by atoms with Crippen LogP contribution in [0, 0.1) is 27.7 Å². The number of hydrogen-bond donors (Lipinski definition) is 2. The lowest BCUT2D eigenvalue weighted by atomic mass is 10.2. The highest BCUT2D eigenvalue weighted by Crippen LogP contribution is 2.24. The lowest BCUT2D eigenvalue weighted by Gasteiger charge is -2.08. The molecule has 0 aliphatic heterocycles. The molecule has 0 aliphatic carbocycles. The Morgan fingerprint density at radius 2 is 2.05 bits per heavy atom. The molecule has 2 rings (SSSR count). The summed E-state index contributed by atoms with van der Waals surface area (Å²) in [5, 5.41) is 9.84. The predicted octanol–water partition coefficient (Wildman–Crippen LogP) is 3.37. The van der Waals surface area contributed by atoms with Crippen LogP contribution in [0.25, 0.3) is 0 Å². The number of hydrogen-bond acceptors (Lipinski definition) is 3. The van der Waals surface area contributed by atoms with Crippen molar-refractivity contribution in [3.63, 3.8) is 0 Å². The molecule has 0 bridgehead atoms. The number of H-pyrrole nitrogens is 1. The van der Waals surface area contributed by atoms with Gasteiger partial charge in [0, 0.05) is 4.90 Å². The molecule has 0 unspecified atom stereocenters. The second-order valence-corrected chi connectivity index (χ2v) is 5.93. The van der Waals surface area contributed by atoms with E-state index in [-0.39, 0.29) is 5.91 Å². The van der Waals surface area contributed by atoms with E-state index in [1.165, 1.54) is 11.1 Å². The predicted molar refractivity (Wildman–Crippen MR) is 83.3 cm³/mol. The number of aryl methyl sites for hydroxylation is 4. The average Bonchev–Trinajstić information content (AvgIpc) is 2.71. The molecule has 0 atom stereocenters. The van der Waals surface area contributed by atoms with E-state index in [1.54, 1.807) is 11.8 Å². The van der Waals surface area contributed by atoms with Gasteiger partial charge in [-0.1, -0.05) is 17.7 Å². The molecule has 2 aromatic rings. The molecule has 1 aromatic heterocycles. The van der Waals surface area contributed by atoms with Crippen LogP contribution in [0.15, 0.2) is 23.1 Å². The van der Waals surface area contributed by atoms with Gasteiger partial charge in [0.2, 0.25) is 5.91 Å². The van der Waals surface area contributed by atoms with Crippen LogP contribution in [0.5, 0.6) is 0 Å². The number of aromatic nitrogens is 2. The summed E-state index contributed by atoms with van der Waals surface area (Å²) in [4.78, 5) is 13.2. The van der Waals surface area contributed by atoms with Crippen molar-refractivity contribution in [1.29, 1.82) is 0 Å². The highest BCUT2D eigenvalue weighted by atomic mass is 32.2. The number of anilines is 1. The fourth-order valence-corrected chi connectivity index (χ4v) is 2.84. The van der Waals surface area contributed by atoms with Gasteiger partial charge in [-0.15, -0.1) is 11.8 Å². The van der Waals surface area contributed by atoms with E-state index in [2.05, 4.69) is 47.6 Å². The summed E-state index contributed by atoms with van der Waals surface area (Å²) in [7, 11) is 0. The van der Waals surface area contributed by atoms with Crippen LogP contribution in [0.2, 0.25) is 0 Å². The Bertz CT molecular complexity index is 615. The topological polar surface area (TPSA) is 57.8 Å². The van der Waals surface area contributed by atoms with Gasteiger partial charge >= 0.3 is 0 Å². The summed E-state index contributed by atoms with van der Waals surface area (Å²) in [6.45, 7) is 7.89. The first-order valence-electron chi connectivity index (χ1n) is 6.49. The van der Waals surface area contributed by atoms with Crippen molar-refractivity contribution in [2.24, 2.45) is 0 Å². The van der Waals surface area contributed by atoms with Crippen molar-refractivity contribution in [3.05, 3.63) is 40.7 Å². The highest BCUT2D eigenvalue weighted by molar-refractivity contribution is 8.00. The summed E-state index contributed by atoms with van der Waals surface area (Å²) in [5.74, 6) is 0.387. The second kappa shape index (κ2) is 6.13.